The number of fused-ring (bicyclic) bond motifs is 1. The van der Waals surface area contributed by atoms with Gasteiger partial charge in [0.1, 0.15) is 0 Å². The topological polar surface area (TPSA) is 37.4 Å². The second-order valence-electron chi connectivity index (χ2n) is 7.92. The van der Waals surface area contributed by atoms with Crippen molar-refractivity contribution < 1.29 is 4.74 Å². The molecule has 1 aromatic rings. The van der Waals surface area contributed by atoms with Crippen LogP contribution in [0.5, 0.6) is 0 Å². The van der Waals surface area contributed by atoms with Gasteiger partial charge in [-0.25, -0.2) is 0 Å². The van der Waals surface area contributed by atoms with E-state index in [9.17, 15) is 0 Å². The SMILES string of the molecule is CC1CCCCC1N1CCC(Nc2cnc3c(c2)COCC3)CC1. The molecule has 0 bridgehead atoms. The number of nitrogens with zero attached hydrogens (tertiary/aromatic N) is 2. The van der Waals surface area contributed by atoms with Crippen molar-refractivity contribution in [3.63, 3.8) is 0 Å². The van der Waals surface area contributed by atoms with Crippen LogP contribution in [0.3, 0.4) is 0 Å². The van der Waals surface area contributed by atoms with Crippen LogP contribution < -0.4 is 5.32 Å². The molecule has 1 saturated heterocycles. The summed E-state index contributed by atoms with van der Waals surface area (Å²) >= 11 is 0. The summed E-state index contributed by atoms with van der Waals surface area (Å²) < 4.78 is 5.56. The van der Waals surface area contributed by atoms with Crippen LogP contribution >= 0.6 is 0 Å². The van der Waals surface area contributed by atoms with Gasteiger partial charge < -0.3 is 10.1 Å². The van der Waals surface area contributed by atoms with Crippen LogP contribution in [0.4, 0.5) is 5.69 Å². The second-order valence-corrected chi connectivity index (χ2v) is 7.92. The molecule has 2 fully saturated rings. The van der Waals surface area contributed by atoms with Gasteiger partial charge >= 0.3 is 0 Å². The number of ether oxygens (including phenoxy) is 1. The molecule has 132 valence electrons. The quantitative estimate of drug-likeness (QED) is 0.919. The van der Waals surface area contributed by atoms with E-state index < -0.39 is 0 Å². The zero-order valence-electron chi connectivity index (χ0n) is 15.0. The maximum Gasteiger partial charge on any atom is 0.0735 e. The van der Waals surface area contributed by atoms with E-state index in [0.29, 0.717) is 6.04 Å². The molecule has 0 radical (unpaired) electrons. The summed E-state index contributed by atoms with van der Waals surface area (Å²) in [6.07, 6.45) is 11.2. The molecule has 0 aromatic carbocycles. The first-order valence-corrected chi connectivity index (χ1v) is 9.86. The van der Waals surface area contributed by atoms with E-state index in [1.165, 1.54) is 68.6 Å². The average molecular weight is 329 g/mol. The van der Waals surface area contributed by atoms with Gasteiger partial charge in [-0.1, -0.05) is 19.8 Å². The molecule has 24 heavy (non-hydrogen) atoms. The van der Waals surface area contributed by atoms with E-state index >= 15 is 0 Å². The van der Waals surface area contributed by atoms with Gasteiger partial charge in [0, 0.05) is 42.9 Å². The first-order chi connectivity index (χ1) is 11.8. The normalized spacial score (nSPS) is 29.2. The van der Waals surface area contributed by atoms with Crippen LogP contribution in [0.25, 0.3) is 0 Å². The molecular formula is C20H31N3O. The Morgan fingerprint density at radius 2 is 2.00 bits per heavy atom. The van der Waals surface area contributed by atoms with Crippen LogP contribution in [0.1, 0.15) is 56.7 Å². The van der Waals surface area contributed by atoms with Gasteiger partial charge in [-0.3, -0.25) is 9.88 Å². The van der Waals surface area contributed by atoms with Gasteiger partial charge in [0.05, 0.1) is 25.1 Å². The lowest BCUT2D eigenvalue weighted by atomic mass is 9.84. The molecule has 1 aromatic heterocycles. The lowest BCUT2D eigenvalue weighted by Gasteiger charge is -2.42. The zero-order valence-corrected chi connectivity index (χ0v) is 15.0. The third kappa shape index (κ3) is 3.60. The molecule has 1 aliphatic carbocycles. The number of hydrogen-bond acceptors (Lipinski definition) is 4. The number of pyridine rings is 1. The van der Waals surface area contributed by atoms with E-state index in [0.717, 1.165) is 31.6 Å². The fourth-order valence-electron chi connectivity index (χ4n) is 4.77. The molecular weight excluding hydrogens is 298 g/mol. The third-order valence-corrected chi connectivity index (χ3v) is 6.24. The first kappa shape index (κ1) is 16.3. The Kier molecular flexibility index (Phi) is 5.04. The van der Waals surface area contributed by atoms with Crippen molar-refractivity contribution in [1.82, 2.24) is 9.88 Å². The highest BCUT2D eigenvalue weighted by Crippen LogP contribution is 2.30. The number of piperidine rings is 1. The highest BCUT2D eigenvalue weighted by atomic mass is 16.5. The van der Waals surface area contributed by atoms with Crippen LogP contribution in [0.2, 0.25) is 0 Å². The standard InChI is InChI=1S/C20H31N3O/c1-15-4-2-3-5-20(15)23-9-6-17(7-10-23)22-18-12-16-14-24-11-8-19(16)21-13-18/h12-13,15,17,20,22H,2-11,14H2,1H3. The van der Waals surface area contributed by atoms with Gasteiger partial charge in [0.25, 0.3) is 0 Å². The zero-order chi connectivity index (χ0) is 16.4. The van der Waals surface area contributed by atoms with Gasteiger partial charge in [-0.15, -0.1) is 0 Å². The molecule has 4 nitrogen and oxygen atoms in total. The van der Waals surface area contributed by atoms with Crippen LogP contribution in [-0.2, 0) is 17.8 Å². The van der Waals surface area contributed by atoms with Crippen molar-refractivity contribution in [3.8, 4) is 0 Å². The molecule has 3 aliphatic rings. The Hall–Kier alpha value is -1.13. The average Bonchev–Trinajstić information content (AvgIpc) is 2.63. The van der Waals surface area contributed by atoms with Crippen LogP contribution in [0, 0.1) is 5.92 Å². The van der Waals surface area contributed by atoms with Gasteiger partial charge in [0.15, 0.2) is 0 Å². The molecule has 2 unspecified atom stereocenters. The summed E-state index contributed by atoms with van der Waals surface area (Å²) in [6.45, 7) is 6.47. The van der Waals surface area contributed by atoms with Crippen molar-refractivity contribution in [2.45, 2.75) is 70.6 Å². The summed E-state index contributed by atoms with van der Waals surface area (Å²) in [5, 5.41) is 3.72. The van der Waals surface area contributed by atoms with E-state index in [1.807, 2.05) is 6.20 Å². The number of nitrogens with one attached hydrogen (secondary N) is 1. The van der Waals surface area contributed by atoms with Crippen molar-refractivity contribution in [2.24, 2.45) is 5.92 Å². The Labute approximate surface area is 146 Å². The van der Waals surface area contributed by atoms with E-state index in [1.54, 1.807) is 0 Å². The predicted molar refractivity (Wildman–Crippen MR) is 97.2 cm³/mol. The predicted octanol–water partition coefficient (Wildman–Crippen LogP) is 3.61. The van der Waals surface area contributed by atoms with Gasteiger partial charge in [0.2, 0.25) is 0 Å². The summed E-state index contributed by atoms with van der Waals surface area (Å²) in [6, 6.07) is 3.67. The minimum atomic E-state index is 0.588. The third-order valence-electron chi connectivity index (χ3n) is 6.24. The Bertz CT molecular complexity index is 554. The van der Waals surface area contributed by atoms with Gasteiger partial charge in [-0.2, -0.15) is 0 Å². The fourth-order valence-corrected chi connectivity index (χ4v) is 4.77. The summed E-state index contributed by atoms with van der Waals surface area (Å²) in [4.78, 5) is 7.39. The maximum atomic E-state index is 5.56. The van der Waals surface area contributed by atoms with E-state index in [-0.39, 0.29) is 0 Å². The van der Waals surface area contributed by atoms with Crippen molar-refractivity contribution in [1.29, 1.82) is 0 Å². The molecule has 0 spiro atoms. The number of aromatic nitrogens is 1. The molecule has 2 atom stereocenters. The molecule has 4 rings (SSSR count). The Morgan fingerprint density at radius 3 is 2.83 bits per heavy atom. The first-order valence-electron chi connectivity index (χ1n) is 9.86. The smallest absolute Gasteiger partial charge is 0.0735 e. The maximum absolute atomic E-state index is 5.56. The van der Waals surface area contributed by atoms with Crippen molar-refractivity contribution >= 4 is 5.69 Å². The lowest BCUT2D eigenvalue weighted by molar-refractivity contribution is 0.0887. The molecule has 1 saturated carbocycles. The highest BCUT2D eigenvalue weighted by molar-refractivity contribution is 5.46. The van der Waals surface area contributed by atoms with Crippen LogP contribution in [0.15, 0.2) is 12.3 Å². The largest absolute Gasteiger partial charge is 0.381 e. The van der Waals surface area contributed by atoms with E-state index in [4.69, 9.17) is 4.74 Å². The fraction of sp³-hybridized carbons (Fsp3) is 0.750. The van der Waals surface area contributed by atoms with Gasteiger partial charge in [-0.05, 0) is 37.7 Å². The monoisotopic (exact) mass is 329 g/mol. The summed E-state index contributed by atoms with van der Waals surface area (Å²) in [7, 11) is 0. The minimum absolute atomic E-state index is 0.588. The molecule has 1 N–H and O–H groups in total. The Balaban J connectivity index is 1.31. The molecule has 0 amide bonds. The Morgan fingerprint density at radius 1 is 1.17 bits per heavy atom. The second kappa shape index (κ2) is 7.40. The number of hydrogen-bond donors (Lipinski definition) is 1. The number of likely N-dealkylation sites (tertiary alicyclic amines) is 1. The summed E-state index contributed by atoms with van der Waals surface area (Å²) in [5.74, 6) is 0.883. The van der Waals surface area contributed by atoms with E-state index in [2.05, 4.69) is 28.2 Å². The summed E-state index contributed by atoms with van der Waals surface area (Å²) in [5.41, 5.74) is 3.65. The van der Waals surface area contributed by atoms with Crippen molar-refractivity contribution in [2.75, 3.05) is 25.0 Å². The minimum Gasteiger partial charge on any atom is -0.381 e. The van der Waals surface area contributed by atoms with Crippen molar-refractivity contribution in [3.05, 3.63) is 23.5 Å². The molecule has 2 aliphatic heterocycles. The lowest BCUT2D eigenvalue weighted by Crippen LogP contribution is -2.48. The number of rotatable bonds is 3. The highest BCUT2D eigenvalue weighted by Gasteiger charge is 2.30. The number of anilines is 1. The molecule has 4 heteroatoms. The molecule has 3 heterocycles. The van der Waals surface area contributed by atoms with Crippen LogP contribution in [-0.4, -0.2) is 41.7 Å².